The molecule has 3 rings (SSSR count). The van der Waals surface area contributed by atoms with Gasteiger partial charge in [0.15, 0.2) is 0 Å². The van der Waals surface area contributed by atoms with Crippen LogP contribution in [0.25, 0.3) is 5.69 Å². The number of nitrogens with zero attached hydrogens (tertiary/aromatic N) is 4. The Bertz CT molecular complexity index is 931. The predicted octanol–water partition coefficient (Wildman–Crippen LogP) is 2.80. The average Bonchev–Trinajstić information content (AvgIpc) is 3.15. The maximum atomic E-state index is 12.5. The van der Waals surface area contributed by atoms with Crippen molar-refractivity contribution in [3.63, 3.8) is 0 Å². The zero-order valence-corrected chi connectivity index (χ0v) is 15.9. The van der Waals surface area contributed by atoms with E-state index in [4.69, 9.17) is 9.47 Å². The maximum absolute atomic E-state index is 12.5. The average molecular weight is 385 g/mol. The lowest BCUT2D eigenvalue weighted by molar-refractivity contribution is -0.115. The van der Waals surface area contributed by atoms with E-state index in [1.165, 1.54) is 11.8 Å². The van der Waals surface area contributed by atoms with Crippen LogP contribution in [0, 0.1) is 0 Å². The molecular formula is C18H19N5O3S. The molecule has 1 N–H and O–H groups in total. The Morgan fingerprint density at radius 2 is 1.96 bits per heavy atom. The zero-order chi connectivity index (χ0) is 19.2. The fourth-order valence-corrected chi connectivity index (χ4v) is 3.17. The molecule has 0 fully saturated rings. The first kappa shape index (κ1) is 18.7. The van der Waals surface area contributed by atoms with Crippen molar-refractivity contribution >= 4 is 23.4 Å². The van der Waals surface area contributed by atoms with Gasteiger partial charge < -0.3 is 14.8 Å². The van der Waals surface area contributed by atoms with E-state index in [0.29, 0.717) is 28.0 Å². The van der Waals surface area contributed by atoms with E-state index < -0.39 is 5.25 Å². The van der Waals surface area contributed by atoms with Gasteiger partial charge in [-0.05, 0) is 41.6 Å². The molecule has 0 bridgehead atoms. The van der Waals surface area contributed by atoms with Crippen LogP contribution < -0.4 is 14.8 Å². The third-order valence-electron chi connectivity index (χ3n) is 3.74. The fourth-order valence-electron chi connectivity index (χ4n) is 2.36. The number of tetrazole rings is 1. The number of methoxy groups -OCH3 is 2. The molecule has 2 aromatic carbocycles. The number of benzene rings is 2. The molecule has 1 amide bonds. The molecule has 0 aliphatic heterocycles. The standard InChI is InChI=1S/C18H19N5O3S/c1-12(17(24)19-13-7-6-8-14(11-13)25-2)27-18-20-21-22-23(18)15-9-4-5-10-16(15)26-3/h4-12H,1-3H3,(H,19,24)/t12-/m1/s1. The molecule has 27 heavy (non-hydrogen) atoms. The zero-order valence-electron chi connectivity index (χ0n) is 15.1. The van der Waals surface area contributed by atoms with Crippen LogP contribution in [-0.4, -0.2) is 45.6 Å². The first-order valence-corrected chi connectivity index (χ1v) is 9.03. The highest BCUT2D eigenvalue weighted by atomic mass is 32.2. The second-order valence-corrected chi connectivity index (χ2v) is 6.83. The van der Waals surface area contributed by atoms with Crippen LogP contribution >= 0.6 is 11.8 Å². The second kappa shape index (κ2) is 8.54. The molecule has 0 radical (unpaired) electrons. The third kappa shape index (κ3) is 4.37. The predicted molar refractivity (Wildman–Crippen MR) is 103 cm³/mol. The number of hydrogen-bond donors (Lipinski definition) is 1. The number of rotatable bonds is 7. The normalized spacial score (nSPS) is 11.7. The number of amides is 1. The fraction of sp³-hybridized carbons (Fsp3) is 0.222. The molecule has 8 nitrogen and oxygen atoms in total. The lowest BCUT2D eigenvalue weighted by Gasteiger charge is -2.13. The van der Waals surface area contributed by atoms with Crippen LogP contribution in [0.2, 0.25) is 0 Å². The van der Waals surface area contributed by atoms with Crippen molar-refractivity contribution in [1.82, 2.24) is 20.2 Å². The third-order valence-corrected chi connectivity index (χ3v) is 4.78. The summed E-state index contributed by atoms with van der Waals surface area (Å²) in [5.41, 5.74) is 1.36. The first-order chi connectivity index (χ1) is 13.1. The molecule has 0 unspecified atom stereocenters. The highest BCUT2D eigenvalue weighted by Crippen LogP contribution is 2.28. The van der Waals surface area contributed by atoms with E-state index in [0.717, 1.165) is 0 Å². The van der Waals surface area contributed by atoms with Gasteiger partial charge in [0, 0.05) is 11.8 Å². The number of carbonyl (C=O) groups excluding carboxylic acids is 1. The molecule has 0 saturated heterocycles. The van der Waals surface area contributed by atoms with Crippen molar-refractivity contribution in [3.05, 3.63) is 48.5 Å². The minimum Gasteiger partial charge on any atom is -0.497 e. The molecule has 0 aliphatic carbocycles. The summed E-state index contributed by atoms with van der Waals surface area (Å²) < 4.78 is 12.1. The molecule has 3 aromatic rings. The summed E-state index contributed by atoms with van der Waals surface area (Å²) >= 11 is 1.26. The monoisotopic (exact) mass is 385 g/mol. The van der Waals surface area contributed by atoms with Gasteiger partial charge in [0.2, 0.25) is 11.1 Å². The Morgan fingerprint density at radius 1 is 1.15 bits per heavy atom. The first-order valence-electron chi connectivity index (χ1n) is 8.15. The van der Waals surface area contributed by atoms with Crippen molar-refractivity contribution in [3.8, 4) is 17.2 Å². The lowest BCUT2D eigenvalue weighted by Crippen LogP contribution is -2.23. The van der Waals surface area contributed by atoms with E-state index in [2.05, 4.69) is 20.8 Å². The number of para-hydroxylation sites is 2. The Morgan fingerprint density at radius 3 is 2.74 bits per heavy atom. The molecule has 0 aliphatic rings. The Labute approximate surface area is 160 Å². The van der Waals surface area contributed by atoms with E-state index >= 15 is 0 Å². The number of thioether (sulfide) groups is 1. The summed E-state index contributed by atoms with van der Waals surface area (Å²) in [5, 5.41) is 14.7. The van der Waals surface area contributed by atoms with Crippen molar-refractivity contribution in [2.45, 2.75) is 17.3 Å². The quantitative estimate of drug-likeness (QED) is 0.625. The number of aromatic nitrogens is 4. The van der Waals surface area contributed by atoms with Crippen LogP contribution in [0.1, 0.15) is 6.92 Å². The summed E-state index contributed by atoms with van der Waals surface area (Å²) in [6.07, 6.45) is 0. The van der Waals surface area contributed by atoms with Gasteiger partial charge in [-0.3, -0.25) is 4.79 Å². The van der Waals surface area contributed by atoms with Crippen LogP contribution in [0.5, 0.6) is 11.5 Å². The molecule has 0 saturated carbocycles. The number of ether oxygens (including phenoxy) is 2. The Balaban J connectivity index is 1.74. The van der Waals surface area contributed by atoms with E-state index in [1.807, 2.05) is 36.4 Å². The van der Waals surface area contributed by atoms with Gasteiger partial charge in [0.1, 0.15) is 17.2 Å². The summed E-state index contributed by atoms with van der Waals surface area (Å²) in [7, 11) is 3.16. The number of carbonyl (C=O) groups is 1. The molecule has 1 heterocycles. The van der Waals surface area contributed by atoms with Crippen molar-refractivity contribution < 1.29 is 14.3 Å². The van der Waals surface area contributed by atoms with E-state index in [1.54, 1.807) is 38.0 Å². The highest BCUT2D eigenvalue weighted by Gasteiger charge is 2.20. The van der Waals surface area contributed by atoms with Gasteiger partial charge in [0.25, 0.3) is 0 Å². The maximum Gasteiger partial charge on any atom is 0.237 e. The van der Waals surface area contributed by atoms with Crippen LogP contribution in [-0.2, 0) is 4.79 Å². The largest absolute Gasteiger partial charge is 0.497 e. The highest BCUT2D eigenvalue weighted by molar-refractivity contribution is 8.00. The minimum absolute atomic E-state index is 0.164. The summed E-state index contributed by atoms with van der Waals surface area (Å²) in [6.45, 7) is 1.79. The number of nitrogens with one attached hydrogen (secondary N) is 1. The number of hydrogen-bond acceptors (Lipinski definition) is 7. The summed E-state index contributed by atoms with van der Waals surface area (Å²) in [4.78, 5) is 12.5. The van der Waals surface area contributed by atoms with E-state index in [-0.39, 0.29) is 5.91 Å². The molecule has 1 atom stereocenters. The Hall–Kier alpha value is -3.07. The summed E-state index contributed by atoms with van der Waals surface area (Å²) in [5.74, 6) is 1.15. The molecule has 1 aromatic heterocycles. The molecular weight excluding hydrogens is 366 g/mol. The van der Waals surface area contributed by atoms with E-state index in [9.17, 15) is 4.79 Å². The van der Waals surface area contributed by atoms with Crippen LogP contribution in [0.4, 0.5) is 5.69 Å². The van der Waals surface area contributed by atoms with Crippen LogP contribution in [0.3, 0.4) is 0 Å². The molecule has 9 heteroatoms. The van der Waals surface area contributed by atoms with Gasteiger partial charge in [-0.1, -0.05) is 30.0 Å². The van der Waals surface area contributed by atoms with Crippen molar-refractivity contribution in [2.75, 3.05) is 19.5 Å². The number of anilines is 1. The van der Waals surface area contributed by atoms with Crippen molar-refractivity contribution in [2.24, 2.45) is 0 Å². The Kier molecular flexibility index (Phi) is 5.92. The van der Waals surface area contributed by atoms with Crippen molar-refractivity contribution in [1.29, 1.82) is 0 Å². The molecule has 0 spiro atoms. The molecule has 140 valence electrons. The van der Waals surface area contributed by atoms with Gasteiger partial charge in [-0.25, -0.2) is 0 Å². The minimum atomic E-state index is -0.421. The SMILES string of the molecule is COc1cccc(NC(=O)[C@@H](C)Sc2nnnn2-c2ccccc2OC)c1. The van der Waals surface area contributed by atoms with Gasteiger partial charge >= 0.3 is 0 Å². The lowest BCUT2D eigenvalue weighted by atomic mass is 10.3. The topological polar surface area (TPSA) is 91.2 Å². The summed E-state index contributed by atoms with van der Waals surface area (Å²) in [6, 6.07) is 14.6. The van der Waals surface area contributed by atoms with Gasteiger partial charge in [-0.2, -0.15) is 4.68 Å². The van der Waals surface area contributed by atoms with Gasteiger partial charge in [-0.15, -0.1) is 5.10 Å². The smallest absolute Gasteiger partial charge is 0.237 e. The van der Waals surface area contributed by atoms with Gasteiger partial charge in [0.05, 0.1) is 19.5 Å². The second-order valence-electron chi connectivity index (χ2n) is 5.53. The van der Waals surface area contributed by atoms with Crippen LogP contribution in [0.15, 0.2) is 53.7 Å².